The fourth-order valence-electron chi connectivity index (χ4n) is 2.67. The number of hydrogen-bond donors (Lipinski definition) is 1. The molecule has 0 bridgehead atoms. The molecular weight excluding hydrogens is 322 g/mol. The Balaban J connectivity index is 1.69. The van der Waals surface area contributed by atoms with Crippen LogP contribution in [0, 0.1) is 0 Å². The summed E-state index contributed by atoms with van der Waals surface area (Å²) in [6.45, 7) is 0. The van der Waals surface area contributed by atoms with Crippen molar-refractivity contribution in [1.82, 2.24) is 5.32 Å². The van der Waals surface area contributed by atoms with Crippen LogP contribution in [0.15, 0.2) is 65.6 Å². The molecule has 1 heterocycles. The molecule has 1 N–H and O–H groups in total. The lowest BCUT2D eigenvalue weighted by atomic mass is 10.1. The number of sulfone groups is 1. The van der Waals surface area contributed by atoms with Gasteiger partial charge >= 0.3 is 0 Å². The third kappa shape index (κ3) is 4.11. The van der Waals surface area contributed by atoms with E-state index in [1.54, 1.807) is 24.3 Å². The number of hydrogen-bond acceptors (Lipinski definition) is 3. The maximum atomic E-state index is 12.5. The van der Waals surface area contributed by atoms with E-state index in [0.29, 0.717) is 11.3 Å². The zero-order chi connectivity index (χ0) is 17.0. The monoisotopic (exact) mass is 341 g/mol. The van der Waals surface area contributed by atoms with E-state index in [4.69, 9.17) is 0 Å². The van der Waals surface area contributed by atoms with Crippen LogP contribution >= 0.6 is 0 Å². The van der Waals surface area contributed by atoms with Crippen molar-refractivity contribution in [2.75, 3.05) is 0 Å². The summed E-state index contributed by atoms with van der Waals surface area (Å²) < 4.78 is 24.9. The number of carbonyl (C=O) groups is 1. The van der Waals surface area contributed by atoms with Crippen molar-refractivity contribution in [2.45, 2.75) is 29.5 Å². The smallest absolute Gasteiger partial charge is 0.220 e. The molecule has 0 saturated carbocycles. The quantitative estimate of drug-likeness (QED) is 0.909. The first-order valence-electron chi connectivity index (χ1n) is 7.87. The summed E-state index contributed by atoms with van der Waals surface area (Å²) in [4.78, 5) is 11.5. The van der Waals surface area contributed by atoms with Crippen LogP contribution in [0.4, 0.5) is 0 Å². The Labute approximate surface area is 142 Å². The molecule has 1 saturated heterocycles. The van der Waals surface area contributed by atoms with Gasteiger partial charge in [-0.05, 0) is 29.7 Å². The molecule has 1 aliphatic heterocycles. The normalized spacial score (nSPS) is 18.0. The fourth-order valence-corrected chi connectivity index (χ4v) is 4.02. The van der Waals surface area contributed by atoms with E-state index in [0.717, 1.165) is 17.5 Å². The Bertz CT molecular complexity index is 840. The van der Waals surface area contributed by atoms with Gasteiger partial charge in [-0.1, -0.05) is 54.6 Å². The van der Waals surface area contributed by atoms with Crippen LogP contribution in [0.5, 0.6) is 0 Å². The van der Waals surface area contributed by atoms with Crippen LogP contribution in [-0.4, -0.2) is 20.4 Å². The Morgan fingerprint density at radius 3 is 2.38 bits per heavy atom. The molecule has 0 unspecified atom stereocenters. The third-order valence-electron chi connectivity index (χ3n) is 3.99. The van der Waals surface area contributed by atoms with Crippen molar-refractivity contribution < 1.29 is 13.2 Å². The summed E-state index contributed by atoms with van der Waals surface area (Å²) in [5.41, 5.74) is 1.69. The van der Waals surface area contributed by atoms with E-state index in [1.807, 2.05) is 42.5 Å². The van der Waals surface area contributed by atoms with Gasteiger partial charge in [-0.2, -0.15) is 0 Å². The van der Waals surface area contributed by atoms with E-state index in [1.165, 1.54) is 0 Å². The average molecular weight is 341 g/mol. The predicted molar refractivity (Wildman–Crippen MR) is 94.0 cm³/mol. The highest BCUT2D eigenvalue weighted by molar-refractivity contribution is 7.90. The van der Waals surface area contributed by atoms with Crippen LogP contribution in [0.25, 0.3) is 6.08 Å². The summed E-state index contributed by atoms with van der Waals surface area (Å²) >= 11 is 0. The first kappa shape index (κ1) is 16.5. The molecule has 3 rings (SSSR count). The zero-order valence-corrected chi connectivity index (χ0v) is 14.0. The molecule has 2 aromatic rings. The van der Waals surface area contributed by atoms with Crippen LogP contribution < -0.4 is 5.32 Å². The topological polar surface area (TPSA) is 63.2 Å². The first-order chi connectivity index (χ1) is 11.5. The second kappa shape index (κ2) is 7.01. The van der Waals surface area contributed by atoms with Gasteiger partial charge in [-0.3, -0.25) is 4.79 Å². The Morgan fingerprint density at radius 2 is 1.75 bits per heavy atom. The molecule has 1 fully saturated rings. The highest BCUT2D eigenvalue weighted by atomic mass is 32.2. The van der Waals surface area contributed by atoms with E-state index in [9.17, 15) is 13.2 Å². The molecule has 1 amide bonds. The molecule has 2 aromatic carbocycles. The maximum Gasteiger partial charge on any atom is 0.220 e. The van der Waals surface area contributed by atoms with E-state index >= 15 is 0 Å². The predicted octanol–water partition coefficient (Wildman–Crippen LogP) is 2.95. The summed E-state index contributed by atoms with van der Waals surface area (Å²) in [7, 11) is -3.35. The van der Waals surface area contributed by atoms with Gasteiger partial charge in [-0.15, -0.1) is 0 Å². The van der Waals surface area contributed by atoms with Gasteiger partial charge in [0.2, 0.25) is 5.91 Å². The van der Waals surface area contributed by atoms with Crippen LogP contribution in [0.1, 0.15) is 24.0 Å². The first-order valence-corrected chi connectivity index (χ1v) is 9.52. The second-order valence-corrected chi connectivity index (χ2v) is 7.88. The SMILES string of the molecule is O=C1CC[C@H](/C=C/c2ccc(S(=O)(=O)Cc3ccccc3)cc2)N1. The Morgan fingerprint density at radius 1 is 1.04 bits per heavy atom. The number of benzene rings is 2. The molecule has 0 aromatic heterocycles. The number of amides is 1. The van der Waals surface area contributed by atoms with Crippen LogP contribution in [0.3, 0.4) is 0 Å². The molecule has 1 aliphatic rings. The van der Waals surface area contributed by atoms with Gasteiger partial charge in [0.25, 0.3) is 0 Å². The molecule has 5 heteroatoms. The fraction of sp³-hybridized carbons (Fsp3) is 0.211. The van der Waals surface area contributed by atoms with E-state index < -0.39 is 9.84 Å². The third-order valence-corrected chi connectivity index (χ3v) is 5.69. The number of rotatable bonds is 5. The Hall–Kier alpha value is -2.40. The van der Waals surface area contributed by atoms with E-state index in [2.05, 4.69) is 5.32 Å². The van der Waals surface area contributed by atoms with Crippen molar-refractivity contribution in [3.05, 3.63) is 71.8 Å². The largest absolute Gasteiger partial charge is 0.350 e. The molecule has 0 spiro atoms. The van der Waals surface area contributed by atoms with E-state index in [-0.39, 0.29) is 17.7 Å². The zero-order valence-electron chi connectivity index (χ0n) is 13.2. The molecule has 124 valence electrons. The summed E-state index contributed by atoms with van der Waals surface area (Å²) in [5, 5.41) is 2.87. The van der Waals surface area contributed by atoms with Crippen LogP contribution in [0.2, 0.25) is 0 Å². The van der Waals surface area contributed by atoms with Gasteiger partial charge < -0.3 is 5.32 Å². The lowest BCUT2D eigenvalue weighted by Crippen LogP contribution is -2.22. The standard InChI is InChI=1S/C19H19NO3S/c21-19-13-10-17(20-19)9-6-15-7-11-18(12-8-15)24(22,23)14-16-4-2-1-3-5-16/h1-9,11-12,17H,10,13-14H2,(H,20,21)/b9-6+/t17-/m0/s1. The van der Waals surface area contributed by atoms with Crippen molar-refractivity contribution >= 4 is 21.8 Å². The summed E-state index contributed by atoms with van der Waals surface area (Å²) in [6, 6.07) is 16.0. The highest BCUT2D eigenvalue weighted by Crippen LogP contribution is 2.18. The minimum Gasteiger partial charge on any atom is -0.350 e. The minimum atomic E-state index is -3.35. The van der Waals surface area contributed by atoms with Crippen LogP contribution in [-0.2, 0) is 20.4 Å². The molecule has 24 heavy (non-hydrogen) atoms. The maximum absolute atomic E-state index is 12.5. The Kier molecular flexibility index (Phi) is 4.81. The second-order valence-electron chi connectivity index (χ2n) is 5.89. The van der Waals surface area contributed by atoms with Crippen molar-refractivity contribution in [3.63, 3.8) is 0 Å². The van der Waals surface area contributed by atoms with Gasteiger partial charge in [0.15, 0.2) is 9.84 Å². The van der Waals surface area contributed by atoms with Gasteiger partial charge in [0.05, 0.1) is 10.6 Å². The average Bonchev–Trinajstić information content (AvgIpc) is 2.99. The summed E-state index contributed by atoms with van der Waals surface area (Å²) in [6.07, 6.45) is 5.22. The molecular formula is C19H19NO3S. The molecule has 4 nitrogen and oxygen atoms in total. The van der Waals surface area contributed by atoms with Gasteiger partial charge in [-0.25, -0.2) is 8.42 Å². The van der Waals surface area contributed by atoms with Gasteiger partial charge in [0.1, 0.15) is 0 Å². The van der Waals surface area contributed by atoms with Crippen molar-refractivity contribution in [1.29, 1.82) is 0 Å². The number of nitrogens with one attached hydrogen (secondary N) is 1. The summed E-state index contributed by atoms with van der Waals surface area (Å²) in [5.74, 6) is 0.0731. The number of carbonyl (C=O) groups excluding carboxylic acids is 1. The van der Waals surface area contributed by atoms with Crippen molar-refractivity contribution in [3.8, 4) is 0 Å². The highest BCUT2D eigenvalue weighted by Gasteiger charge is 2.18. The lowest BCUT2D eigenvalue weighted by molar-refractivity contribution is -0.119. The lowest BCUT2D eigenvalue weighted by Gasteiger charge is -2.06. The minimum absolute atomic E-state index is 0.00285. The molecule has 1 atom stereocenters. The van der Waals surface area contributed by atoms with Crippen molar-refractivity contribution in [2.24, 2.45) is 0 Å². The van der Waals surface area contributed by atoms with Gasteiger partial charge in [0, 0.05) is 12.5 Å². The molecule has 0 radical (unpaired) electrons. The molecule has 0 aliphatic carbocycles.